The lowest BCUT2D eigenvalue weighted by Gasteiger charge is -2.07. The Hall–Kier alpha value is -0.560. The molecule has 0 saturated carbocycles. The molecule has 1 heteroatoms. The lowest BCUT2D eigenvalue weighted by atomic mass is 10.00. The van der Waals surface area contributed by atoms with Crippen molar-refractivity contribution in [2.75, 3.05) is 6.61 Å². The van der Waals surface area contributed by atoms with Crippen molar-refractivity contribution in [2.45, 2.75) is 33.1 Å². The average Bonchev–Trinajstić information content (AvgIpc) is 2.12. The predicted octanol–water partition coefficient (Wildman–Crippen LogP) is 3.16. The fourth-order valence-corrected chi connectivity index (χ4v) is 1.26. The maximum absolute atomic E-state index is 8.71. The van der Waals surface area contributed by atoms with Gasteiger partial charge in [0.25, 0.3) is 0 Å². The molecule has 0 saturated heterocycles. The minimum atomic E-state index is 0.276. The second kappa shape index (κ2) is 8.06. The molecule has 0 unspecified atom stereocenters. The first-order chi connectivity index (χ1) is 6.24. The molecule has 0 fully saturated rings. The van der Waals surface area contributed by atoms with Crippen LogP contribution in [0.1, 0.15) is 33.1 Å². The van der Waals surface area contributed by atoms with E-state index in [2.05, 4.69) is 32.6 Å². The molecular formula is C12H22O. The van der Waals surface area contributed by atoms with Gasteiger partial charge in [-0.1, -0.05) is 38.5 Å². The third-order valence-electron chi connectivity index (χ3n) is 2.20. The standard InChI is InChI=1S/C12H22O/c1-4-6-12(5-2)8-7-11(3)9-10-13/h5,7-8,11-13H,2,4,6,9-10H2,1,3H3/b8-7+/t11-,12+/m1/s1. The highest BCUT2D eigenvalue weighted by molar-refractivity contribution is 4.98. The Morgan fingerprint density at radius 2 is 2.00 bits per heavy atom. The minimum absolute atomic E-state index is 0.276. The zero-order chi connectivity index (χ0) is 10.1. The monoisotopic (exact) mass is 182 g/mol. The molecular weight excluding hydrogens is 160 g/mol. The Bertz CT molecular complexity index is 149. The Labute approximate surface area is 82.2 Å². The largest absolute Gasteiger partial charge is 0.396 e. The Kier molecular flexibility index (Phi) is 7.71. The van der Waals surface area contributed by atoms with Crippen molar-refractivity contribution in [3.8, 4) is 0 Å². The lowest BCUT2D eigenvalue weighted by molar-refractivity contribution is 0.274. The number of aliphatic hydroxyl groups is 1. The fraction of sp³-hybridized carbons (Fsp3) is 0.667. The zero-order valence-electron chi connectivity index (χ0n) is 8.87. The molecule has 1 nitrogen and oxygen atoms in total. The Morgan fingerprint density at radius 1 is 1.31 bits per heavy atom. The predicted molar refractivity (Wildman–Crippen MR) is 58.6 cm³/mol. The van der Waals surface area contributed by atoms with Gasteiger partial charge in [-0.2, -0.15) is 0 Å². The summed E-state index contributed by atoms with van der Waals surface area (Å²) in [6.45, 7) is 8.38. The molecule has 76 valence electrons. The van der Waals surface area contributed by atoms with Gasteiger partial charge in [-0.05, 0) is 24.7 Å². The average molecular weight is 182 g/mol. The van der Waals surface area contributed by atoms with Crippen LogP contribution in [0.2, 0.25) is 0 Å². The van der Waals surface area contributed by atoms with Crippen LogP contribution in [0.4, 0.5) is 0 Å². The molecule has 0 aliphatic carbocycles. The summed E-state index contributed by atoms with van der Waals surface area (Å²) in [7, 11) is 0. The number of rotatable bonds is 7. The van der Waals surface area contributed by atoms with E-state index < -0.39 is 0 Å². The normalized spacial score (nSPS) is 15.9. The highest BCUT2D eigenvalue weighted by Crippen LogP contribution is 2.12. The summed E-state index contributed by atoms with van der Waals surface area (Å²) in [5.41, 5.74) is 0. The summed E-state index contributed by atoms with van der Waals surface area (Å²) >= 11 is 0. The van der Waals surface area contributed by atoms with Gasteiger partial charge in [0.2, 0.25) is 0 Å². The summed E-state index contributed by atoms with van der Waals surface area (Å²) in [6.07, 6.45) is 9.59. The van der Waals surface area contributed by atoms with E-state index in [0.717, 1.165) is 6.42 Å². The van der Waals surface area contributed by atoms with Crippen LogP contribution in [-0.2, 0) is 0 Å². The highest BCUT2D eigenvalue weighted by atomic mass is 16.2. The molecule has 13 heavy (non-hydrogen) atoms. The number of hydrogen-bond donors (Lipinski definition) is 1. The van der Waals surface area contributed by atoms with Crippen molar-refractivity contribution in [2.24, 2.45) is 11.8 Å². The van der Waals surface area contributed by atoms with Gasteiger partial charge in [0.1, 0.15) is 0 Å². The molecule has 0 radical (unpaired) electrons. The van der Waals surface area contributed by atoms with E-state index in [0.29, 0.717) is 11.8 Å². The van der Waals surface area contributed by atoms with Crippen LogP contribution < -0.4 is 0 Å². The van der Waals surface area contributed by atoms with E-state index in [1.807, 2.05) is 6.08 Å². The van der Waals surface area contributed by atoms with Crippen molar-refractivity contribution in [3.05, 3.63) is 24.8 Å². The minimum Gasteiger partial charge on any atom is -0.396 e. The van der Waals surface area contributed by atoms with Crippen molar-refractivity contribution in [3.63, 3.8) is 0 Å². The molecule has 2 atom stereocenters. The maximum Gasteiger partial charge on any atom is 0.0436 e. The lowest BCUT2D eigenvalue weighted by Crippen LogP contribution is -1.96. The molecule has 0 aromatic heterocycles. The second-order valence-electron chi connectivity index (χ2n) is 3.56. The van der Waals surface area contributed by atoms with Gasteiger partial charge < -0.3 is 5.11 Å². The first-order valence-corrected chi connectivity index (χ1v) is 5.16. The third-order valence-corrected chi connectivity index (χ3v) is 2.20. The molecule has 0 amide bonds. The summed E-state index contributed by atoms with van der Waals surface area (Å²) in [6, 6.07) is 0. The Morgan fingerprint density at radius 3 is 2.46 bits per heavy atom. The van der Waals surface area contributed by atoms with Crippen molar-refractivity contribution in [1.29, 1.82) is 0 Å². The van der Waals surface area contributed by atoms with E-state index >= 15 is 0 Å². The van der Waals surface area contributed by atoms with Crippen molar-refractivity contribution in [1.82, 2.24) is 0 Å². The van der Waals surface area contributed by atoms with Crippen LogP contribution in [0.25, 0.3) is 0 Å². The number of hydrogen-bond acceptors (Lipinski definition) is 1. The van der Waals surface area contributed by atoms with E-state index in [1.54, 1.807) is 0 Å². The summed E-state index contributed by atoms with van der Waals surface area (Å²) < 4.78 is 0. The van der Waals surface area contributed by atoms with Crippen LogP contribution >= 0.6 is 0 Å². The van der Waals surface area contributed by atoms with E-state index in [9.17, 15) is 0 Å². The summed E-state index contributed by atoms with van der Waals surface area (Å²) in [4.78, 5) is 0. The smallest absolute Gasteiger partial charge is 0.0436 e. The molecule has 0 aromatic carbocycles. The van der Waals surface area contributed by atoms with Crippen LogP contribution in [0.3, 0.4) is 0 Å². The van der Waals surface area contributed by atoms with Gasteiger partial charge in [0.15, 0.2) is 0 Å². The van der Waals surface area contributed by atoms with E-state index in [4.69, 9.17) is 5.11 Å². The molecule has 0 heterocycles. The van der Waals surface area contributed by atoms with Gasteiger partial charge in [-0.15, -0.1) is 6.58 Å². The highest BCUT2D eigenvalue weighted by Gasteiger charge is 1.99. The maximum atomic E-state index is 8.71. The number of allylic oxidation sites excluding steroid dienone is 3. The molecule has 0 spiro atoms. The van der Waals surface area contributed by atoms with E-state index in [1.165, 1.54) is 12.8 Å². The first kappa shape index (κ1) is 12.4. The van der Waals surface area contributed by atoms with Crippen LogP contribution in [0.15, 0.2) is 24.8 Å². The van der Waals surface area contributed by atoms with Crippen molar-refractivity contribution >= 4 is 0 Å². The topological polar surface area (TPSA) is 20.2 Å². The third kappa shape index (κ3) is 6.59. The van der Waals surface area contributed by atoms with Crippen LogP contribution in [-0.4, -0.2) is 11.7 Å². The molecule has 0 rings (SSSR count). The van der Waals surface area contributed by atoms with Gasteiger partial charge in [0.05, 0.1) is 0 Å². The summed E-state index contributed by atoms with van der Waals surface area (Å²) in [5, 5.41) is 8.71. The fourth-order valence-electron chi connectivity index (χ4n) is 1.26. The molecule has 0 aliphatic rings. The van der Waals surface area contributed by atoms with E-state index in [-0.39, 0.29) is 6.61 Å². The second-order valence-corrected chi connectivity index (χ2v) is 3.56. The van der Waals surface area contributed by atoms with Gasteiger partial charge >= 0.3 is 0 Å². The Balaban J connectivity index is 3.83. The quantitative estimate of drug-likeness (QED) is 0.600. The van der Waals surface area contributed by atoms with Crippen LogP contribution in [0, 0.1) is 11.8 Å². The number of aliphatic hydroxyl groups excluding tert-OH is 1. The first-order valence-electron chi connectivity index (χ1n) is 5.16. The van der Waals surface area contributed by atoms with Crippen molar-refractivity contribution < 1.29 is 5.11 Å². The van der Waals surface area contributed by atoms with Gasteiger partial charge in [-0.25, -0.2) is 0 Å². The molecule has 0 aromatic rings. The molecule has 1 N–H and O–H groups in total. The van der Waals surface area contributed by atoms with Crippen LogP contribution in [0.5, 0.6) is 0 Å². The molecule has 0 aliphatic heterocycles. The van der Waals surface area contributed by atoms with Gasteiger partial charge in [0, 0.05) is 6.61 Å². The molecule has 0 bridgehead atoms. The van der Waals surface area contributed by atoms with Gasteiger partial charge in [-0.3, -0.25) is 0 Å². The zero-order valence-corrected chi connectivity index (χ0v) is 8.87. The summed E-state index contributed by atoms with van der Waals surface area (Å²) in [5.74, 6) is 0.982. The SMILES string of the molecule is C=C[C@H](/C=C/[C@@H](C)CCO)CCC.